The first kappa shape index (κ1) is 19.1. The first-order valence-corrected chi connectivity index (χ1v) is 9.08. The van der Waals surface area contributed by atoms with Crippen LogP contribution >= 0.6 is 35.0 Å². The number of carbonyl (C=O) groups is 3. The highest BCUT2D eigenvalue weighted by atomic mass is 35.5. The van der Waals surface area contributed by atoms with Gasteiger partial charge in [-0.1, -0.05) is 23.2 Å². The van der Waals surface area contributed by atoms with Crippen LogP contribution in [-0.4, -0.2) is 41.4 Å². The Balaban J connectivity index is 2.03. The van der Waals surface area contributed by atoms with Crippen LogP contribution in [0.3, 0.4) is 0 Å². The van der Waals surface area contributed by atoms with Gasteiger partial charge in [-0.2, -0.15) is 0 Å². The summed E-state index contributed by atoms with van der Waals surface area (Å²) < 4.78 is 4.88. The van der Waals surface area contributed by atoms with E-state index in [1.54, 1.807) is 13.0 Å². The minimum atomic E-state index is -0.586. The molecule has 0 radical (unpaired) electrons. The second-order valence-corrected chi connectivity index (χ2v) is 7.19. The van der Waals surface area contributed by atoms with Gasteiger partial charge in [0.1, 0.15) is 0 Å². The van der Waals surface area contributed by atoms with E-state index < -0.39 is 17.3 Å². The van der Waals surface area contributed by atoms with Crippen LogP contribution in [0.1, 0.15) is 13.3 Å². The van der Waals surface area contributed by atoms with Gasteiger partial charge in [0, 0.05) is 6.42 Å². The number of rotatable bonds is 6. The number of imide groups is 1. The van der Waals surface area contributed by atoms with E-state index in [2.05, 4.69) is 5.73 Å². The maximum atomic E-state index is 12.5. The van der Waals surface area contributed by atoms with Gasteiger partial charge >= 0.3 is 5.97 Å². The SMILES string of the molecule is CCOC(=O)[C@@H]([NH3+])CS[C@@H]1CC(=O)N(c2ccc(Cl)c(Cl)c2)C1=O. The predicted octanol–water partition coefficient (Wildman–Crippen LogP) is 1.53. The molecule has 1 fully saturated rings. The summed E-state index contributed by atoms with van der Waals surface area (Å²) in [7, 11) is 0. The molecule has 130 valence electrons. The summed E-state index contributed by atoms with van der Waals surface area (Å²) in [6.45, 7) is 1.99. The monoisotopic (exact) mass is 391 g/mol. The molecular formula is C15H17Cl2N2O4S+. The molecule has 1 heterocycles. The summed E-state index contributed by atoms with van der Waals surface area (Å²) in [5.74, 6) is -0.757. The van der Waals surface area contributed by atoms with Crippen LogP contribution in [-0.2, 0) is 19.1 Å². The Morgan fingerprint density at radius 3 is 2.75 bits per heavy atom. The lowest BCUT2D eigenvalue weighted by Crippen LogP contribution is -2.66. The van der Waals surface area contributed by atoms with Gasteiger partial charge in [-0.15, -0.1) is 11.8 Å². The number of hydrogen-bond acceptors (Lipinski definition) is 5. The summed E-state index contributed by atoms with van der Waals surface area (Å²) in [5, 5.41) is 0.0661. The van der Waals surface area contributed by atoms with Crippen LogP contribution in [0, 0.1) is 0 Å². The lowest BCUT2D eigenvalue weighted by Gasteiger charge is -2.16. The van der Waals surface area contributed by atoms with E-state index in [9.17, 15) is 14.4 Å². The summed E-state index contributed by atoms with van der Waals surface area (Å²) >= 11 is 13.0. The average molecular weight is 392 g/mol. The minimum Gasteiger partial charge on any atom is -0.462 e. The van der Waals surface area contributed by atoms with Gasteiger partial charge in [-0.25, -0.2) is 9.69 Å². The van der Waals surface area contributed by atoms with Gasteiger partial charge in [0.05, 0.1) is 33.3 Å². The highest BCUT2D eigenvalue weighted by Gasteiger charge is 2.40. The third kappa shape index (κ3) is 4.22. The maximum Gasteiger partial charge on any atom is 0.365 e. The van der Waals surface area contributed by atoms with Gasteiger partial charge in [-0.05, 0) is 25.1 Å². The molecule has 1 aromatic rings. The molecule has 2 rings (SSSR count). The highest BCUT2D eigenvalue weighted by Crippen LogP contribution is 2.33. The predicted molar refractivity (Wildman–Crippen MR) is 93.1 cm³/mol. The van der Waals surface area contributed by atoms with E-state index in [-0.39, 0.29) is 29.9 Å². The van der Waals surface area contributed by atoms with Crippen molar-refractivity contribution in [2.75, 3.05) is 17.3 Å². The van der Waals surface area contributed by atoms with E-state index >= 15 is 0 Å². The van der Waals surface area contributed by atoms with E-state index in [0.717, 1.165) is 4.90 Å². The lowest BCUT2D eigenvalue weighted by atomic mass is 10.3. The lowest BCUT2D eigenvalue weighted by molar-refractivity contribution is -0.401. The molecule has 1 aliphatic rings. The van der Waals surface area contributed by atoms with Crippen LogP contribution in [0.2, 0.25) is 10.0 Å². The normalized spacial score (nSPS) is 18.8. The molecule has 1 aromatic carbocycles. The Morgan fingerprint density at radius 1 is 1.42 bits per heavy atom. The largest absolute Gasteiger partial charge is 0.462 e. The van der Waals surface area contributed by atoms with Crippen LogP contribution in [0.15, 0.2) is 18.2 Å². The third-order valence-electron chi connectivity index (χ3n) is 3.39. The second kappa shape index (κ2) is 8.20. The van der Waals surface area contributed by atoms with Crippen molar-refractivity contribution in [3.63, 3.8) is 0 Å². The van der Waals surface area contributed by atoms with Crippen molar-refractivity contribution < 1.29 is 24.9 Å². The zero-order valence-corrected chi connectivity index (χ0v) is 15.3. The molecule has 1 saturated heterocycles. The first-order chi connectivity index (χ1) is 11.3. The standard InChI is InChI=1S/C15H16Cl2N2O4S/c1-2-23-15(22)11(18)7-24-12-6-13(20)19(14(12)21)8-3-4-9(16)10(17)5-8/h3-5,11-12H,2,6-7,18H2,1H3/p+1/t11-,12+/m0/s1. The molecule has 0 saturated carbocycles. The molecule has 1 aliphatic heterocycles. The van der Waals surface area contributed by atoms with Crippen LogP contribution in [0.25, 0.3) is 0 Å². The summed E-state index contributed by atoms with van der Waals surface area (Å²) in [6.07, 6.45) is 0.0687. The van der Waals surface area contributed by atoms with Crippen LogP contribution in [0.4, 0.5) is 5.69 Å². The van der Waals surface area contributed by atoms with E-state index in [0.29, 0.717) is 16.5 Å². The number of quaternary nitrogens is 1. The molecule has 0 bridgehead atoms. The van der Waals surface area contributed by atoms with Crippen LogP contribution in [0.5, 0.6) is 0 Å². The molecule has 2 atom stereocenters. The number of carbonyl (C=O) groups excluding carboxylic acids is 3. The first-order valence-electron chi connectivity index (χ1n) is 7.28. The number of amides is 2. The average Bonchev–Trinajstić information content (AvgIpc) is 2.82. The van der Waals surface area contributed by atoms with Gasteiger partial charge in [0.15, 0.2) is 6.04 Å². The Labute approximate surface area is 153 Å². The van der Waals surface area contributed by atoms with Gasteiger partial charge < -0.3 is 10.5 Å². The van der Waals surface area contributed by atoms with Crippen molar-refractivity contribution in [2.45, 2.75) is 24.6 Å². The number of benzene rings is 1. The van der Waals surface area contributed by atoms with Crippen molar-refractivity contribution in [3.8, 4) is 0 Å². The Kier molecular flexibility index (Phi) is 6.51. The Bertz CT molecular complexity index is 671. The second-order valence-electron chi connectivity index (χ2n) is 5.14. The summed E-state index contributed by atoms with van der Waals surface area (Å²) in [4.78, 5) is 37.3. The molecule has 0 spiro atoms. The molecule has 0 unspecified atom stereocenters. The Hall–Kier alpha value is -1.28. The van der Waals surface area contributed by atoms with E-state index in [4.69, 9.17) is 27.9 Å². The molecule has 3 N–H and O–H groups in total. The fraction of sp³-hybridized carbons (Fsp3) is 0.400. The number of anilines is 1. The fourth-order valence-corrected chi connectivity index (χ4v) is 3.59. The van der Waals surface area contributed by atoms with E-state index in [1.165, 1.54) is 23.9 Å². The molecule has 24 heavy (non-hydrogen) atoms. The molecule has 9 heteroatoms. The molecule has 0 aliphatic carbocycles. The quantitative estimate of drug-likeness (QED) is 0.586. The zero-order chi connectivity index (χ0) is 17.9. The number of halogens is 2. The minimum absolute atomic E-state index is 0.0687. The van der Waals surface area contributed by atoms with Crippen molar-refractivity contribution in [1.82, 2.24) is 0 Å². The number of esters is 1. The van der Waals surface area contributed by atoms with Gasteiger partial charge in [-0.3, -0.25) is 9.59 Å². The number of thioether (sulfide) groups is 1. The summed E-state index contributed by atoms with van der Waals surface area (Å²) in [5.41, 5.74) is 4.11. The Morgan fingerprint density at radius 2 is 2.12 bits per heavy atom. The van der Waals surface area contributed by atoms with Gasteiger partial charge in [0.2, 0.25) is 11.8 Å². The maximum absolute atomic E-state index is 12.5. The highest BCUT2D eigenvalue weighted by molar-refractivity contribution is 8.00. The van der Waals surface area contributed by atoms with Crippen LogP contribution < -0.4 is 10.6 Å². The van der Waals surface area contributed by atoms with Gasteiger partial charge in [0.25, 0.3) is 0 Å². The number of hydrogen-bond donors (Lipinski definition) is 1. The van der Waals surface area contributed by atoms with Crippen molar-refractivity contribution in [3.05, 3.63) is 28.2 Å². The molecule has 0 aromatic heterocycles. The van der Waals surface area contributed by atoms with Crippen molar-refractivity contribution >= 4 is 58.4 Å². The topological polar surface area (TPSA) is 91.3 Å². The number of ether oxygens (including phenoxy) is 1. The van der Waals surface area contributed by atoms with E-state index in [1.807, 2.05) is 0 Å². The fourth-order valence-electron chi connectivity index (χ4n) is 2.19. The smallest absolute Gasteiger partial charge is 0.365 e. The van der Waals surface area contributed by atoms with Crippen molar-refractivity contribution in [2.24, 2.45) is 0 Å². The third-order valence-corrected chi connectivity index (χ3v) is 5.49. The molecule has 6 nitrogen and oxygen atoms in total. The molecule has 2 amide bonds. The van der Waals surface area contributed by atoms with Crippen molar-refractivity contribution in [1.29, 1.82) is 0 Å². The molecular weight excluding hydrogens is 375 g/mol. The zero-order valence-electron chi connectivity index (χ0n) is 13.0. The number of nitrogens with zero attached hydrogens (tertiary/aromatic N) is 1. The summed E-state index contributed by atoms with van der Waals surface area (Å²) in [6, 6.07) is 4.00.